The Morgan fingerprint density at radius 3 is 2.61 bits per heavy atom. The molecule has 0 amide bonds. The molecule has 1 aromatic heterocycles. The Bertz CT molecular complexity index is 547. The second-order valence-corrected chi connectivity index (χ2v) is 4.72. The molecular formula is C11H13Cl2N5. The maximum Gasteiger partial charge on any atom is 0.0913 e. The third-order valence-corrected chi connectivity index (χ3v) is 3.26. The molecule has 5 nitrogen and oxygen atoms in total. The van der Waals surface area contributed by atoms with E-state index in [-0.39, 0.29) is 6.04 Å². The van der Waals surface area contributed by atoms with Crippen LogP contribution in [0.2, 0.25) is 10.0 Å². The number of nitrogen functional groups attached to an aromatic ring is 1. The van der Waals surface area contributed by atoms with Crippen LogP contribution in [0.3, 0.4) is 0 Å². The minimum atomic E-state index is -0.345. The fourth-order valence-electron chi connectivity index (χ4n) is 1.87. The standard InChI is InChI=1S/C11H13Cl2N5/c1-18-11(8(13)5-16-18)10(17-15)7-3-2-6(12)4-9(7)14/h2-5,10,17H,14-15H2,1H3. The molecule has 7 heteroatoms. The van der Waals surface area contributed by atoms with Crippen molar-refractivity contribution in [1.82, 2.24) is 15.2 Å². The number of nitrogens with two attached hydrogens (primary N) is 2. The summed E-state index contributed by atoms with van der Waals surface area (Å²) < 4.78 is 1.65. The van der Waals surface area contributed by atoms with Gasteiger partial charge in [-0.25, -0.2) is 5.43 Å². The van der Waals surface area contributed by atoms with E-state index in [2.05, 4.69) is 10.5 Å². The van der Waals surface area contributed by atoms with Gasteiger partial charge in [-0.15, -0.1) is 0 Å². The van der Waals surface area contributed by atoms with Gasteiger partial charge in [0.15, 0.2) is 0 Å². The third-order valence-electron chi connectivity index (χ3n) is 2.74. The van der Waals surface area contributed by atoms with Crippen molar-refractivity contribution in [2.24, 2.45) is 12.9 Å². The van der Waals surface area contributed by atoms with Gasteiger partial charge in [0.1, 0.15) is 0 Å². The molecule has 1 unspecified atom stereocenters. The van der Waals surface area contributed by atoms with Gasteiger partial charge in [0.25, 0.3) is 0 Å². The highest BCUT2D eigenvalue weighted by Crippen LogP contribution is 2.31. The van der Waals surface area contributed by atoms with Gasteiger partial charge in [-0.1, -0.05) is 29.3 Å². The fourth-order valence-corrected chi connectivity index (χ4v) is 2.33. The summed E-state index contributed by atoms with van der Waals surface area (Å²) in [6, 6.07) is 4.89. The highest BCUT2D eigenvalue weighted by atomic mass is 35.5. The van der Waals surface area contributed by atoms with Crippen LogP contribution in [0.15, 0.2) is 24.4 Å². The van der Waals surface area contributed by atoms with E-state index in [1.54, 1.807) is 30.1 Å². The number of aryl methyl sites for hydroxylation is 1. The zero-order valence-electron chi connectivity index (χ0n) is 9.69. The van der Waals surface area contributed by atoms with E-state index < -0.39 is 0 Å². The summed E-state index contributed by atoms with van der Waals surface area (Å²) in [7, 11) is 1.79. The van der Waals surface area contributed by atoms with Crippen LogP contribution in [0.25, 0.3) is 0 Å². The van der Waals surface area contributed by atoms with E-state index >= 15 is 0 Å². The number of benzene rings is 1. The van der Waals surface area contributed by atoms with Crippen molar-refractivity contribution in [2.75, 3.05) is 5.73 Å². The molecule has 2 rings (SSSR count). The monoisotopic (exact) mass is 285 g/mol. The molecule has 1 aromatic carbocycles. The van der Waals surface area contributed by atoms with Crippen molar-refractivity contribution < 1.29 is 0 Å². The van der Waals surface area contributed by atoms with Gasteiger partial charge in [-0.3, -0.25) is 10.5 Å². The highest BCUT2D eigenvalue weighted by Gasteiger charge is 2.21. The quantitative estimate of drug-likeness (QED) is 0.457. The maximum absolute atomic E-state index is 6.11. The third kappa shape index (κ3) is 2.30. The van der Waals surface area contributed by atoms with Crippen molar-refractivity contribution in [3.05, 3.63) is 45.7 Å². The summed E-state index contributed by atoms with van der Waals surface area (Å²) in [4.78, 5) is 0. The molecule has 0 aliphatic heterocycles. The fraction of sp³-hybridized carbons (Fsp3) is 0.182. The van der Waals surface area contributed by atoms with Crippen LogP contribution in [0, 0.1) is 0 Å². The SMILES string of the molecule is Cn1ncc(Cl)c1C(NN)c1ccc(Cl)cc1N. The Balaban J connectivity index is 2.52. The molecule has 0 spiro atoms. The number of halogens is 2. The van der Waals surface area contributed by atoms with E-state index in [1.807, 2.05) is 6.07 Å². The number of anilines is 1. The lowest BCUT2D eigenvalue weighted by molar-refractivity contribution is 0.576. The van der Waals surface area contributed by atoms with Crippen molar-refractivity contribution in [3.63, 3.8) is 0 Å². The van der Waals surface area contributed by atoms with Crippen molar-refractivity contribution in [1.29, 1.82) is 0 Å². The summed E-state index contributed by atoms with van der Waals surface area (Å²) in [5.74, 6) is 5.60. The van der Waals surface area contributed by atoms with Crippen LogP contribution >= 0.6 is 23.2 Å². The van der Waals surface area contributed by atoms with Crippen LogP contribution in [0.5, 0.6) is 0 Å². The Morgan fingerprint density at radius 1 is 1.39 bits per heavy atom. The Hall–Kier alpha value is -1.27. The molecule has 0 aliphatic rings. The highest BCUT2D eigenvalue weighted by molar-refractivity contribution is 6.31. The Kier molecular flexibility index (Phi) is 3.77. The largest absolute Gasteiger partial charge is 0.398 e. The molecule has 0 saturated heterocycles. The molecule has 1 atom stereocenters. The molecule has 0 radical (unpaired) electrons. The summed E-state index contributed by atoms with van der Waals surface area (Å²) in [6.07, 6.45) is 1.56. The van der Waals surface area contributed by atoms with Gasteiger partial charge in [0.2, 0.25) is 0 Å². The number of aromatic nitrogens is 2. The minimum Gasteiger partial charge on any atom is -0.398 e. The van der Waals surface area contributed by atoms with Crippen molar-refractivity contribution >= 4 is 28.9 Å². The molecule has 5 N–H and O–H groups in total. The molecule has 1 heterocycles. The molecular weight excluding hydrogens is 273 g/mol. The summed E-state index contributed by atoms with van der Waals surface area (Å²) in [6.45, 7) is 0. The predicted molar refractivity (Wildman–Crippen MR) is 73.2 cm³/mol. The van der Waals surface area contributed by atoms with E-state index in [4.69, 9.17) is 34.8 Å². The van der Waals surface area contributed by atoms with E-state index in [0.29, 0.717) is 15.7 Å². The average Bonchev–Trinajstić information content (AvgIpc) is 2.64. The molecule has 0 saturated carbocycles. The van der Waals surface area contributed by atoms with Gasteiger partial charge in [-0.05, 0) is 17.7 Å². The summed E-state index contributed by atoms with van der Waals surface area (Å²) >= 11 is 12.0. The summed E-state index contributed by atoms with van der Waals surface area (Å²) in [5, 5.41) is 5.18. The second kappa shape index (κ2) is 5.16. The molecule has 96 valence electrons. The van der Waals surface area contributed by atoms with Crippen LogP contribution in [0.1, 0.15) is 17.3 Å². The van der Waals surface area contributed by atoms with Crippen LogP contribution < -0.4 is 17.0 Å². The van der Waals surface area contributed by atoms with Gasteiger partial charge in [0, 0.05) is 17.8 Å². The number of nitrogens with zero attached hydrogens (tertiary/aromatic N) is 2. The smallest absolute Gasteiger partial charge is 0.0913 e. The number of rotatable bonds is 3. The zero-order valence-corrected chi connectivity index (χ0v) is 11.2. The molecule has 0 aliphatic carbocycles. The zero-order chi connectivity index (χ0) is 13.3. The normalized spacial score (nSPS) is 12.7. The first-order valence-corrected chi connectivity index (χ1v) is 5.98. The van der Waals surface area contributed by atoms with Gasteiger partial charge in [-0.2, -0.15) is 5.10 Å². The number of nitrogens with one attached hydrogen (secondary N) is 1. The van der Waals surface area contributed by atoms with E-state index in [1.165, 1.54) is 0 Å². The molecule has 18 heavy (non-hydrogen) atoms. The molecule has 0 bridgehead atoms. The first-order chi connectivity index (χ1) is 8.54. The van der Waals surface area contributed by atoms with Crippen LogP contribution in [0.4, 0.5) is 5.69 Å². The van der Waals surface area contributed by atoms with Gasteiger partial charge < -0.3 is 5.73 Å². The number of hydrazine groups is 1. The van der Waals surface area contributed by atoms with E-state index in [9.17, 15) is 0 Å². The van der Waals surface area contributed by atoms with Crippen molar-refractivity contribution in [2.45, 2.75) is 6.04 Å². The van der Waals surface area contributed by atoms with Gasteiger partial charge in [0.05, 0.1) is 23.0 Å². The lowest BCUT2D eigenvalue weighted by atomic mass is 10.0. The topological polar surface area (TPSA) is 81.9 Å². The first kappa shape index (κ1) is 13.2. The van der Waals surface area contributed by atoms with Crippen LogP contribution in [-0.2, 0) is 7.05 Å². The molecule has 0 fully saturated rings. The maximum atomic E-state index is 6.11. The van der Waals surface area contributed by atoms with Crippen molar-refractivity contribution in [3.8, 4) is 0 Å². The summed E-state index contributed by atoms with van der Waals surface area (Å²) in [5.41, 5.74) is 10.7. The average molecular weight is 286 g/mol. The Morgan fingerprint density at radius 2 is 2.11 bits per heavy atom. The lowest BCUT2D eigenvalue weighted by Gasteiger charge is -2.19. The Labute approximate surface area is 115 Å². The number of hydrogen-bond donors (Lipinski definition) is 3. The minimum absolute atomic E-state index is 0.345. The number of hydrogen-bond acceptors (Lipinski definition) is 4. The van der Waals surface area contributed by atoms with Gasteiger partial charge >= 0.3 is 0 Å². The molecule has 2 aromatic rings. The van der Waals surface area contributed by atoms with E-state index in [0.717, 1.165) is 11.3 Å². The predicted octanol–water partition coefficient (Wildman–Crippen LogP) is 1.86. The van der Waals surface area contributed by atoms with Crippen LogP contribution in [-0.4, -0.2) is 9.78 Å². The lowest BCUT2D eigenvalue weighted by Crippen LogP contribution is -2.31. The second-order valence-electron chi connectivity index (χ2n) is 3.87. The first-order valence-electron chi connectivity index (χ1n) is 5.23.